The Hall–Kier alpha value is -3.22. The topological polar surface area (TPSA) is 84.2 Å². The van der Waals surface area contributed by atoms with Crippen LogP contribution >= 0.6 is 0 Å². The summed E-state index contributed by atoms with van der Waals surface area (Å²) in [7, 11) is 3.90. The van der Waals surface area contributed by atoms with Crippen molar-refractivity contribution in [2.75, 3.05) is 24.3 Å². The molecular formula is C17H17N5O2. The fourth-order valence-electron chi connectivity index (χ4n) is 2.39. The molecule has 3 aromatic rings. The van der Waals surface area contributed by atoms with E-state index in [0.717, 1.165) is 22.3 Å². The van der Waals surface area contributed by atoms with Crippen molar-refractivity contribution >= 4 is 28.2 Å². The van der Waals surface area contributed by atoms with Crippen molar-refractivity contribution in [3.8, 4) is 0 Å². The first-order valence-electron chi connectivity index (χ1n) is 7.45. The van der Waals surface area contributed by atoms with Crippen LogP contribution in [-0.4, -0.2) is 29.0 Å². The minimum Gasteiger partial charge on any atom is -0.366 e. The number of nitro groups is 1. The Balaban J connectivity index is 1.87. The number of hydrogen-bond acceptors (Lipinski definition) is 6. The maximum Gasteiger partial charge on any atom is 0.287 e. The maximum absolute atomic E-state index is 10.7. The number of pyridine rings is 2. The maximum atomic E-state index is 10.7. The molecule has 2 heterocycles. The summed E-state index contributed by atoms with van der Waals surface area (Å²) in [6, 6.07) is 13.0. The molecule has 24 heavy (non-hydrogen) atoms. The van der Waals surface area contributed by atoms with Crippen LogP contribution in [0.1, 0.15) is 5.56 Å². The highest BCUT2D eigenvalue weighted by Gasteiger charge is 2.08. The van der Waals surface area contributed by atoms with Crippen molar-refractivity contribution in [3.05, 3.63) is 64.3 Å². The largest absolute Gasteiger partial charge is 0.366 e. The molecule has 1 aromatic carbocycles. The van der Waals surface area contributed by atoms with Crippen LogP contribution in [0.4, 0.5) is 17.3 Å². The highest BCUT2D eigenvalue weighted by molar-refractivity contribution is 5.84. The van der Waals surface area contributed by atoms with Crippen molar-refractivity contribution in [1.82, 2.24) is 9.97 Å². The van der Waals surface area contributed by atoms with Crippen molar-refractivity contribution < 1.29 is 4.92 Å². The molecule has 0 amide bonds. The fraction of sp³-hybridized carbons (Fsp3) is 0.176. The molecule has 0 aliphatic heterocycles. The van der Waals surface area contributed by atoms with Crippen LogP contribution < -0.4 is 10.2 Å². The van der Waals surface area contributed by atoms with Gasteiger partial charge in [-0.05, 0) is 23.8 Å². The predicted molar refractivity (Wildman–Crippen MR) is 94.3 cm³/mol. The van der Waals surface area contributed by atoms with Crippen LogP contribution in [0.3, 0.4) is 0 Å². The summed E-state index contributed by atoms with van der Waals surface area (Å²) >= 11 is 0. The number of para-hydroxylation sites is 1. The molecule has 7 heteroatoms. The van der Waals surface area contributed by atoms with E-state index in [-0.39, 0.29) is 5.69 Å². The molecule has 1 N–H and O–H groups in total. The number of nitrogens with zero attached hydrogens (tertiary/aromatic N) is 4. The van der Waals surface area contributed by atoms with E-state index in [9.17, 15) is 10.1 Å². The molecule has 0 aliphatic carbocycles. The van der Waals surface area contributed by atoms with Gasteiger partial charge in [-0.3, -0.25) is 10.1 Å². The normalized spacial score (nSPS) is 10.6. The van der Waals surface area contributed by atoms with E-state index in [2.05, 4.69) is 15.3 Å². The van der Waals surface area contributed by atoms with E-state index in [0.29, 0.717) is 12.4 Å². The van der Waals surface area contributed by atoms with Gasteiger partial charge in [0.1, 0.15) is 17.8 Å². The third kappa shape index (κ3) is 3.24. The van der Waals surface area contributed by atoms with E-state index >= 15 is 0 Å². The van der Waals surface area contributed by atoms with E-state index in [1.807, 2.05) is 49.3 Å². The number of rotatable bonds is 5. The third-order valence-electron chi connectivity index (χ3n) is 3.67. The summed E-state index contributed by atoms with van der Waals surface area (Å²) in [5.74, 6) is 1.47. The van der Waals surface area contributed by atoms with Crippen molar-refractivity contribution in [2.45, 2.75) is 6.54 Å². The highest BCUT2D eigenvalue weighted by Crippen LogP contribution is 2.23. The smallest absolute Gasteiger partial charge is 0.287 e. The van der Waals surface area contributed by atoms with Crippen molar-refractivity contribution in [3.63, 3.8) is 0 Å². The fourth-order valence-corrected chi connectivity index (χ4v) is 2.39. The van der Waals surface area contributed by atoms with Crippen LogP contribution in [0.15, 0.2) is 48.7 Å². The molecular weight excluding hydrogens is 306 g/mol. The average molecular weight is 323 g/mol. The van der Waals surface area contributed by atoms with Gasteiger partial charge in [0, 0.05) is 32.1 Å². The van der Waals surface area contributed by atoms with Crippen molar-refractivity contribution in [2.24, 2.45) is 0 Å². The summed E-state index contributed by atoms with van der Waals surface area (Å²) in [4.78, 5) is 20.9. The molecule has 0 bridgehead atoms. The second kappa shape index (κ2) is 6.49. The minimum atomic E-state index is -0.462. The monoisotopic (exact) mass is 323 g/mol. The van der Waals surface area contributed by atoms with Crippen LogP contribution in [0.25, 0.3) is 10.9 Å². The first-order valence-corrected chi connectivity index (χ1v) is 7.45. The zero-order chi connectivity index (χ0) is 17.1. The lowest BCUT2D eigenvalue weighted by atomic mass is 10.1. The molecule has 2 aromatic heterocycles. The number of aromatic nitrogens is 2. The molecule has 0 aliphatic rings. The lowest BCUT2D eigenvalue weighted by molar-refractivity contribution is -0.385. The van der Waals surface area contributed by atoms with Gasteiger partial charge < -0.3 is 10.2 Å². The molecule has 7 nitrogen and oxygen atoms in total. The molecule has 122 valence electrons. The quantitative estimate of drug-likeness (QED) is 0.573. The van der Waals surface area contributed by atoms with E-state index in [1.165, 1.54) is 12.3 Å². The molecule has 0 spiro atoms. The Morgan fingerprint density at radius 2 is 2.00 bits per heavy atom. The number of fused-ring (bicyclic) bond motifs is 1. The van der Waals surface area contributed by atoms with E-state index in [1.54, 1.807) is 6.07 Å². The summed E-state index contributed by atoms with van der Waals surface area (Å²) < 4.78 is 0. The molecule has 0 atom stereocenters. The average Bonchev–Trinajstić information content (AvgIpc) is 2.59. The Morgan fingerprint density at radius 3 is 2.67 bits per heavy atom. The Morgan fingerprint density at radius 1 is 1.21 bits per heavy atom. The zero-order valence-electron chi connectivity index (χ0n) is 13.4. The van der Waals surface area contributed by atoms with Crippen LogP contribution in [0.5, 0.6) is 0 Å². The Bertz CT molecular complexity index is 878. The second-order valence-electron chi connectivity index (χ2n) is 5.56. The Labute approximate surface area is 139 Å². The van der Waals surface area contributed by atoms with Gasteiger partial charge in [-0.1, -0.05) is 18.2 Å². The van der Waals surface area contributed by atoms with Gasteiger partial charge in [0.15, 0.2) is 0 Å². The number of anilines is 2. The molecule has 0 saturated carbocycles. The second-order valence-corrected chi connectivity index (χ2v) is 5.56. The third-order valence-corrected chi connectivity index (χ3v) is 3.67. The van der Waals surface area contributed by atoms with Crippen molar-refractivity contribution in [1.29, 1.82) is 0 Å². The van der Waals surface area contributed by atoms with E-state index in [4.69, 9.17) is 0 Å². The van der Waals surface area contributed by atoms with Crippen LogP contribution in [-0.2, 0) is 6.54 Å². The minimum absolute atomic E-state index is 0.0233. The molecule has 0 saturated heterocycles. The first-order chi connectivity index (χ1) is 11.5. The summed E-state index contributed by atoms with van der Waals surface area (Å²) in [6.07, 6.45) is 1.25. The van der Waals surface area contributed by atoms with Gasteiger partial charge in [-0.2, -0.15) is 0 Å². The molecule has 0 radical (unpaired) electrons. The van der Waals surface area contributed by atoms with E-state index < -0.39 is 4.92 Å². The van der Waals surface area contributed by atoms with Gasteiger partial charge in [0.05, 0.1) is 10.4 Å². The van der Waals surface area contributed by atoms with Crippen LogP contribution in [0, 0.1) is 10.1 Å². The van der Waals surface area contributed by atoms with Gasteiger partial charge in [0.2, 0.25) is 0 Å². The number of benzene rings is 1. The predicted octanol–water partition coefficient (Wildman–Crippen LogP) is 3.22. The number of nitrogens with one attached hydrogen (secondary N) is 1. The molecule has 0 fully saturated rings. The Kier molecular flexibility index (Phi) is 4.24. The van der Waals surface area contributed by atoms with Gasteiger partial charge in [-0.25, -0.2) is 9.97 Å². The summed E-state index contributed by atoms with van der Waals surface area (Å²) in [5.41, 5.74) is 1.99. The lowest BCUT2D eigenvalue weighted by Crippen LogP contribution is -2.12. The standard InChI is InChI=1S/C17H17N5O2/c1-21(2)17-9-12(14-5-3-4-6-15(14)20-17)10-18-16-8-7-13(11-19-16)22(23)24/h3-9,11H,10H2,1-2H3,(H,18,19). The van der Waals surface area contributed by atoms with Gasteiger partial charge in [-0.15, -0.1) is 0 Å². The summed E-state index contributed by atoms with van der Waals surface area (Å²) in [6.45, 7) is 0.550. The number of hydrogen-bond donors (Lipinski definition) is 1. The first kappa shape index (κ1) is 15.7. The van der Waals surface area contributed by atoms with Gasteiger partial charge >= 0.3 is 0 Å². The van der Waals surface area contributed by atoms with Gasteiger partial charge in [0.25, 0.3) is 5.69 Å². The lowest BCUT2D eigenvalue weighted by Gasteiger charge is -2.15. The zero-order valence-corrected chi connectivity index (χ0v) is 13.4. The summed E-state index contributed by atoms with van der Waals surface area (Å²) in [5, 5.41) is 14.9. The SMILES string of the molecule is CN(C)c1cc(CNc2ccc([N+](=O)[O-])cn2)c2ccccc2n1. The van der Waals surface area contributed by atoms with Crippen LogP contribution in [0.2, 0.25) is 0 Å². The highest BCUT2D eigenvalue weighted by atomic mass is 16.6. The molecule has 3 rings (SSSR count). The molecule has 0 unspecified atom stereocenters.